The number of hydrogen-bond donors (Lipinski definition) is 2. The van der Waals surface area contributed by atoms with Crippen molar-refractivity contribution in [1.29, 1.82) is 0 Å². The Hall–Kier alpha value is -1.95. The van der Waals surface area contributed by atoms with Crippen molar-refractivity contribution in [3.8, 4) is 11.5 Å². The fourth-order valence-electron chi connectivity index (χ4n) is 3.08. The second kappa shape index (κ2) is 10.1. The number of aliphatic imine (C=N–C) groups is 1. The number of anilines is 1. The molecule has 140 valence electrons. The molecule has 0 atom stereocenters. The lowest BCUT2D eigenvalue weighted by atomic mass is 9.94. The molecule has 0 spiro atoms. The first-order chi connectivity index (χ1) is 12.2. The van der Waals surface area contributed by atoms with Crippen molar-refractivity contribution in [2.24, 2.45) is 10.9 Å². The Balaban J connectivity index is 1.84. The quantitative estimate of drug-likeness (QED) is 0.586. The van der Waals surface area contributed by atoms with Gasteiger partial charge in [-0.25, -0.2) is 0 Å². The molecule has 2 N–H and O–H groups in total. The smallest absolute Gasteiger partial charge is 0.195 e. The van der Waals surface area contributed by atoms with Crippen LogP contribution in [0.4, 0.5) is 5.69 Å². The summed E-state index contributed by atoms with van der Waals surface area (Å²) >= 11 is 0. The van der Waals surface area contributed by atoms with E-state index in [0.717, 1.165) is 35.6 Å². The molecule has 0 bridgehead atoms. The maximum Gasteiger partial charge on any atom is 0.195 e. The van der Waals surface area contributed by atoms with Crippen molar-refractivity contribution in [2.75, 3.05) is 52.8 Å². The molecule has 0 aromatic heterocycles. The van der Waals surface area contributed by atoms with Crippen molar-refractivity contribution >= 4 is 11.6 Å². The monoisotopic (exact) mass is 348 g/mol. The number of benzene rings is 1. The van der Waals surface area contributed by atoms with Crippen LogP contribution in [0.3, 0.4) is 0 Å². The highest BCUT2D eigenvalue weighted by atomic mass is 16.5. The lowest BCUT2D eigenvalue weighted by Crippen LogP contribution is -2.35. The van der Waals surface area contributed by atoms with E-state index in [9.17, 15) is 0 Å². The van der Waals surface area contributed by atoms with Crippen LogP contribution in [0.5, 0.6) is 11.5 Å². The van der Waals surface area contributed by atoms with Gasteiger partial charge in [-0.15, -0.1) is 0 Å². The largest absolute Gasteiger partial charge is 0.493 e. The van der Waals surface area contributed by atoms with Gasteiger partial charge < -0.3 is 25.0 Å². The summed E-state index contributed by atoms with van der Waals surface area (Å²) in [6.07, 6.45) is 3.77. The summed E-state index contributed by atoms with van der Waals surface area (Å²) < 4.78 is 10.9. The van der Waals surface area contributed by atoms with Gasteiger partial charge >= 0.3 is 0 Å². The molecule has 1 saturated heterocycles. The second-order valence-corrected chi connectivity index (χ2v) is 6.46. The average molecular weight is 348 g/mol. The van der Waals surface area contributed by atoms with Gasteiger partial charge in [-0.2, -0.15) is 0 Å². The van der Waals surface area contributed by atoms with Crippen molar-refractivity contribution in [2.45, 2.75) is 26.2 Å². The van der Waals surface area contributed by atoms with Gasteiger partial charge in [-0.3, -0.25) is 4.99 Å². The summed E-state index contributed by atoms with van der Waals surface area (Å²) in [7, 11) is 5.64. The van der Waals surface area contributed by atoms with Gasteiger partial charge in [0.25, 0.3) is 0 Å². The molecule has 1 aliphatic rings. The molecule has 0 unspecified atom stereocenters. The predicted octanol–water partition coefficient (Wildman–Crippen LogP) is 2.81. The zero-order valence-electron chi connectivity index (χ0n) is 16.0. The lowest BCUT2D eigenvalue weighted by molar-refractivity contribution is 0.213. The molecule has 1 aromatic carbocycles. The summed E-state index contributed by atoms with van der Waals surface area (Å²) in [5, 5.41) is 6.73. The summed E-state index contributed by atoms with van der Waals surface area (Å²) in [4.78, 5) is 6.72. The SMILES string of the molecule is CCOc1cc(NC(=NC)NCCC2CCN(C)CC2)ccc1OC. The molecule has 1 fully saturated rings. The van der Waals surface area contributed by atoms with Crippen LogP contribution in [-0.4, -0.2) is 58.3 Å². The van der Waals surface area contributed by atoms with Crippen molar-refractivity contribution in [3.05, 3.63) is 18.2 Å². The Morgan fingerprint density at radius 1 is 1.28 bits per heavy atom. The molecule has 25 heavy (non-hydrogen) atoms. The van der Waals surface area contributed by atoms with E-state index in [1.54, 1.807) is 14.2 Å². The molecule has 1 aliphatic heterocycles. The molecule has 2 rings (SSSR count). The Morgan fingerprint density at radius 3 is 2.68 bits per heavy atom. The Labute approximate surface area is 151 Å². The second-order valence-electron chi connectivity index (χ2n) is 6.46. The minimum Gasteiger partial charge on any atom is -0.493 e. The van der Waals surface area contributed by atoms with E-state index in [1.165, 1.54) is 32.4 Å². The highest BCUT2D eigenvalue weighted by Gasteiger charge is 2.16. The van der Waals surface area contributed by atoms with Gasteiger partial charge in [-0.05, 0) is 64.4 Å². The number of rotatable bonds is 7. The van der Waals surface area contributed by atoms with Crippen molar-refractivity contribution in [1.82, 2.24) is 10.2 Å². The van der Waals surface area contributed by atoms with Gasteiger partial charge in [-0.1, -0.05) is 0 Å². The minimum atomic E-state index is 0.601. The molecule has 6 nitrogen and oxygen atoms in total. The van der Waals surface area contributed by atoms with E-state index < -0.39 is 0 Å². The highest BCUT2D eigenvalue weighted by molar-refractivity contribution is 5.93. The van der Waals surface area contributed by atoms with Crippen LogP contribution >= 0.6 is 0 Å². The van der Waals surface area contributed by atoms with Crippen LogP contribution in [-0.2, 0) is 0 Å². The van der Waals surface area contributed by atoms with Crippen LogP contribution in [0.2, 0.25) is 0 Å². The third-order valence-corrected chi connectivity index (χ3v) is 4.63. The van der Waals surface area contributed by atoms with Crippen molar-refractivity contribution < 1.29 is 9.47 Å². The lowest BCUT2D eigenvalue weighted by Gasteiger charge is -2.29. The van der Waals surface area contributed by atoms with E-state index in [4.69, 9.17) is 9.47 Å². The number of hydrogen-bond acceptors (Lipinski definition) is 4. The zero-order chi connectivity index (χ0) is 18.1. The number of nitrogens with one attached hydrogen (secondary N) is 2. The first-order valence-electron chi connectivity index (χ1n) is 9.13. The molecule has 1 aromatic rings. The molecule has 0 radical (unpaired) electrons. The maximum absolute atomic E-state index is 5.62. The summed E-state index contributed by atoms with van der Waals surface area (Å²) in [6.45, 7) is 5.92. The number of nitrogens with zero attached hydrogens (tertiary/aromatic N) is 2. The number of likely N-dealkylation sites (tertiary alicyclic amines) is 1. The standard InChI is InChI=1S/C19H32N4O2/c1-5-25-18-14-16(6-7-17(18)24-4)22-19(20-2)21-11-8-15-9-12-23(3)13-10-15/h6-7,14-15H,5,8-13H2,1-4H3,(H2,20,21,22). The van der Waals surface area contributed by atoms with E-state index >= 15 is 0 Å². The molecular formula is C19H32N4O2. The van der Waals surface area contributed by atoms with Gasteiger partial charge in [0.1, 0.15) is 0 Å². The highest BCUT2D eigenvalue weighted by Crippen LogP contribution is 2.30. The fourth-order valence-corrected chi connectivity index (χ4v) is 3.08. The van der Waals surface area contributed by atoms with Gasteiger partial charge in [0.2, 0.25) is 0 Å². The first kappa shape index (κ1) is 19.4. The van der Waals surface area contributed by atoms with Gasteiger partial charge in [0, 0.05) is 25.3 Å². The Morgan fingerprint density at radius 2 is 2.04 bits per heavy atom. The third kappa shape index (κ3) is 6.12. The third-order valence-electron chi connectivity index (χ3n) is 4.63. The van der Waals surface area contributed by atoms with Gasteiger partial charge in [0.05, 0.1) is 13.7 Å². The van der Waals surface area contributed by atoms with E-state index in [-0.39, 0.29) is 0 Å². The molecular weight excluding hydrogens is 316 g/mol. The van der Waals surface area contributed by atoms with Crippen LogP contribution in [0, 0.1) is 5.92 Å². The van der Waals surface area contributed by atoms with E-state index in [0.29, 0.717) is 6.61 Å². The molecule has 0 saturated carbocycles. The molecule has 1 heterocycles. The number of ether oxygens (including phenoxy) is 2. The van der Waals surface area contributed by atoms with Crippen molar-refractivity contribution in [3.63, 3.8) is 0 Å². The molecule has 0 amide bonds. The van der Waals surface area contributed by atoms with Gasteiger partial charge in [0.15, 0.2) is 17.5 Å². The van der Waals surface area contributed by atoms with Crippen LogP contribution in [0.15, 0.2) is 23.2 Å². The van der Waals surface area contributed by atoms with Crippen LogP contribution < -0.4 is 20.1 Å². The average Bonchev–Trinajstić information content (AvgIpc) is 2.63. The number of guanidine groups is 1. The van der Waals surface area contributed by atoms with E-state index in [2.05, 4.69) is 27.6 Å². The first-order valence-corrected chi connectivity index (χ1v) is 9.13. The topological polar surface area (TPSA) is 58.1 Å². The van der Waals surface area contributed by atoms with Crippen LogP contribution in [0.25, 0.3) is 0 Å². The summed E-state index contributed by atoms with van der Waals surface area (Å²) in [5.74, 6) is 3.06. The molecule has 6 heteroatoms. The fraction of sp³-hybridized carbons (Fsp3) is 0.632. The summed E-state index contributed by atoms with van der Waals surface area (Å²) in [6, 6.07) is 5.80. The Kier molecular flexibility index (Phi) is 7.85. The maximum atomic E-state index is 5.62. The Bertz CT molecular complexity index is 554. The molecule has 0 aliphatic carbocycles. The minimum absolute atomic E-state index is 0.601. The van der Waals surface area contributed by atoms with Crippen LogP contribution in [0.1, 0.15) is 26.2 Å². The number of piperidine rings is 1. The van der Waals surface area contributed by atoms with E-state index in [1.807, 2.05) is 25.1 Å². The summed E-state index contributed by atoms with van der Waals surface area (Å²) in [5.41, 5.74) is 0.927. The zero-order valence-corrected chi connectivity index (χ0v) is 16.0. The predicted molar refractivity (Wildman–Crippen MR) is 104 cm³/mol. The number of methoxy groups -OCH3 is 1. The normalized spacial score (nSPS) is 16.6.